The first-order chi connectivity index (χ1) is 11.7. The molecule has 0 saturated carbocycles. The Balaban J connectivity index is 2.60. The molecule has 0 heterocycles. The predicted molar refractivity (Wildman–Crippen MR) is 86.5 cm³/mol. The van der Waals surface area contributed by atoms with Gasteiger partial charge in [-0.1, -0.05) is 6.07 Å². The first-order valence-corrected chi connectivity index (χ1v) is 8.34. The number of non-ortho nitro benzene ring substituents is 1. The van der Waals surface area contributed by atoms with Crippen molar-refractivity contribution >= 4 is 21.4 Å². The summed E-state index contributed by atoms with van der Waals surface area (Å²) in [7, 11) is -3.34. The zero-order valence-corrected chi connectivity index (χ0v) is 14.0. The standard InChI is InChI=1S/C15H14F2N2O5S/c1-10-3-4-12(19(20)21)9-14(10)25(22,23)18(15(16)17)11-5-7-13(24-2)8-6-11/h3-9,15H,1-2H3. The van der Waals surface area contributed by atoms with Gasteiger partial charge >= 0.3 is 6.55 Å². The molecule has 0 N–H and O–H groups in total. The molecule has 0 amide bonds. The van der Waals surface area contributed by atoms with Gasteiger partial charge in [-0.25, -0.2) is 12.7 Å². The molecule has 10 heteroatoms. The van der Waals surface area contributed by atoms with Crippen molar-refractivity contribution in [2.45, 2.75) is 18.4 Å². The van der Waals surface area contributed by atoms with E-state index in [1.165, 1.54) is 32.2 Å². The SMILES string of the molecule is COc1ccc(N(C(F)F)S(=O)(=O)c2cc([N+](=O)[O-])ccc2C)cc1. The largest absolute Gasteiger partial charge is 0.497 e. The van der Waals surface area contributed by atoms with Crippen LogP contribution < -0.4 is 9.04 Å². The molecule has 2 rings (SSSR count). The minimum absolute atomic E-state index is 0.0848. The quantitative estimate of drug-likeness (QED) is 0.441. The van der Waals surface area contributed by atoms with Crippen molar-refractivity contribution in [3.63, 3.8) is 0 Å². The third kappa shape index (κ3) is 3.68. The van der Waals surface area contributed by atoms with Crippen LogP contribution in [0.4, 0.5) is 20.2 Å². The molecule has 2 aromatic carbocycles. The number of nitro groups is 1. The molecule has 0 aromatic heterocycles. The summed E-state index contributed by atoms with van der Waals surface area (Å²) in [5.41, 5.74) is -0.681. The summed E-state index contributed by atoms with van der Waals surface area (Å²) >= 11 is 0. The number of anilines is 1. The molecule has 0 atom stereocenters. The van der Waals surface area contributed by atoms with Gasteiger partial charge < -0.3 is 4.74 Å². The number of alkyl halides is 2. The van der Waals surface area contributed by atoms with E-state index in [2.05, 4.69) is 0 Å². The van der Waals surface area contributed by atoms with Gasteiger partial charge in [0.1, 0.15) is 5.75 Å². The van der Waals surface area contributed by atoms with E-state index in [0.717, 1.165) is 24.3 Å². The third-order valence-corrected chi connectivity index (χ3v) is 5.31. The maximum atomic E-state index is 13.5. The lowest BCUT2D eigenvalue weighted by molar-refractivity contribution is -0.385. The van der Waals surface area contributed by atoms with Crippen molar-refractivity contribution in [1.29, 1.82) is 0 Å². The van der Waals surface area contributed by atoms with Gasteiger partial charge in [0.15, 0.2) is 0 Å². The van der Waals surface area contributed by atoms with E-state index in [0.29, 0.717) is 5.75 Å². The summed E-state index contributed by atoms with van der Waals surface area (Å²) in [6.45, 7) is -2.01. The van der Waals surface area contributed by atoms with Gasteiger partial charge in [0.2, 0.25) is 0 Å². The Kier molecular flexibility index (Phi) is 5.21. The summed E-state index contributed by atoms with van der Waals surface area (Å²) in [5, 5.41) is 10.9. The highest BCUT2D eigenvalue weighted by Gasteiger charge is 2.34. The minimum atomic E-state index is -4.72. The van der Waals surface area contributed by atoms with Gasteiger partial charge in [-0.2, -0.15) is 8.78 Å². The number of hydrogen-bond acceptors (Lipinski definition) is 5. The number of benzene rings is 2. The summed E-state index contributed by atoms with van der Waals surface area (Å²) in [4.78, 5) is 9.52. The number of halogens is 2. The Morgan fingerprint density at radius 1 is 1.16 bits per heavy atom. The second-order valence-corrected chi connectivity index (χ2v) is 6.77. The number of hydrogen-bond donors (Lipinski definition) is 0. The topological polar surface area (TPSA) is 89.8 Å². The van der Waals surface area contributed by atoms with Crippen LogP contribution in [0.2, 0.25) is 0 Å². The summed E-state index contributed by atoms with van der Waals surface area (Å²) in [6.07, 6.45) is 0. The van der Waals surface area contributed by atoms with Gasteiger partial charge in [-0.3, -0.25) is 10.1 Å². The van der Waals surface area contributed by atoms with Crippen LogP contribution in [0, 0.1) is 17.0 Å². The Hall–Kier alpha value is -2.75. The summed E-state index contributed by atoms with van der Waals surface area (Å²) in [6, 6.07) is 8.06. The average molecular weight is 372 g/mol. The zero-order valence-electron chi connectivity index (χ0n) is 13.2. The lowest BCUT2D eigenvalue weighted by Gasteiger charge is -2.24. The molecule has 2 aromatic rings. The van der Waals surface area contributed by atoms with E-state index in [9.17, 15) is 27.3 Å². The fourth-order valence-corrected chi connectivity index (χ4v) is 3.74. The van der Waals surface area contributed by atoms with Crippen LogP contribution in [0.5, 0.6) is 5.75 Å². The number of nitro benzene ring substituents is 1. The van der Waals surface area contributed by atoms with Gasteiger partial charge in [0.25, 0.3) is 15.7 Å². The fraction of sp³-hybridized carbons (Fsp3) is 0.200. The monoisotopic (exact) mass is 372 g/mol. The van der Waals surface area contributed by atoms with Crippen molar-refractivity contribution in [1.82, 2.24) is 0 Å². The maximum Gasteiger partial charge on any atom is 0.328 e. The lowest BCUT2D eigenvalue weighted by atomic mass is 10.2. The van der Waals surface area contributed by atoms with E-state index >= 15 is 0 Å². The number of rotatable bonds is 6. The lowest BCUT2D eigenvalue weighted by Crippen LogP contribution is -2.36. The first kappa shape index (κ1) is 18.6. The van der Waals surface area contributed by atoms with Crippen LogP contribution in [0.3, 0.4) is 0 Å². The van der Waals surface area contributed by atoms with Crippen LogP contribution in [-0.2, 0) is 10.0 Å². The van der Waals surface area contributed by atoms with Crippen molar-refractivity contribution < 1.29 is 26.9 Å². The van der Waals surface area contributed by atoms with Crippen molar-refractivity contribution in [3.8, 4) is 5.75 Å². The second kappa shape index (κ2) is 7.01. The Bertz CT molecular complexity index is 885. The van der Waals surface area contributed by atoms with E-state index in [-0.39, 0.29) is 15.6 Å². The zero-order chi connectivity index (χ0) is 18.8. The Morgan fingerprint density at radius 2 is 1.76 bits per heavy atom. The first-order valence-electron chi connectivity index (χ1n) is 6.90. The summed E-state index contributed by atoms with van der Waals surface area (Å²) in [5.74, 6) is 0.363. The highest BCUT2D eigenvalue weighted by Crippen LogP contribution is 2.31. The smallest absolute Gasteiger partial charge is 0.328 e. The number of nitrogens with zero attached hydrogens (tertiary/aromatic N) is 2. The molecule has 0 aliphatic carbocycles. The number of aryl methyl sites for hydroxylation is 1. The van der Waals surface area contributed by atoms with Crippen molar-refractivity contribution in [2.75, 3.05) is 11.4 Å². The second-order valence-electron chi connectivity index (χ2n) is 4.98. The summed E-state index contributed by atoms with van der Waals surface area (Å²) < 4.78 is 57.3. The predicted octanol–water partition coefficient (Wildman–Crippen LogP) is 3.33. The number of sulfonamides is 1. The van der Waals surface area contributed by atoms with Crippen LogP contribution >= 0.6 is 0 Å². The maximum absolute atomic E-state index is 13.5. The van der Waals surface area contributed by atoms with Crippen LogP contribution in [0.15, 0.2) is 47.4 Å². The van der Waals surface area contributed by atoms with Gasteiger partial charge in [0.05, 0.1) is 22.6 Å². The van der Waals surface area contributed by atoms with E-state index < -0.39 is 32.1 Å². The molecule has 0 saturated heterocycles. The molecule has 0 fully saturated rings. The molecule has 0 radical (unpaired) electrons. The van der Waals surface area contributed by atoms with Crippen LogP contribution in [-0.4, -0.2) is 27.0 Å². The normalized spacial score (nSPS) is 11.4. The molecule has 25 heavy (non-hydrogen) atoms. The minimum Gasteiger partial charge on any atom is -0.497 e. The Labute approximate surface area is 142 Å². The molecule has 0 aliphatic rings. The molecule has 0 unspecified atom stereocenters. The van der Waals surface area contributed by atoms with Crippen molar-refractivity contribution in [2.24, 2.45) is 0 Å². The fourth-order valence-electron chi connectivity index (χ4n) is 2.17. The van der Waals surface area contributed by atoms with E-state index in [1.54, 1.807) is 0 Å². The molecule has 0 aliphatic heterocycles. The van der Waals surface area contributed by atoms with Gasteiger partial charge in [-0.15, -0.1) is 0 Å². The van der Waals surface area contributed by atoms with Gasteiger partial charge in [0, 0.05) is 12.1 Å². The number of methoxy groups -OCH3 is 1. The molecular weight excluding hydrogens is 358 g/mol. The number of ether oxygens (including phenoxy) is 1. The molecule has 0 bridgehead atoms. The Morgan fingerprint density at radius 3 is 2.24 bits per heavy atom. The highest BCUT2D eigenvalue weighted by molar-refractivity contribution is 7.92. The van der Waals surface area contributed by atoms with E-state index in [1.807, 2.05) is 0 Å². The molecule has 0 spiro atoms. The molecule has 7 nitrogen and oxygen atoms in total. The van der Waals surface area contributed by atoms with Crippen molar-refractivity contribution in [3.05, 3.63) is 58.1 Å². The molecular formula is C15H14F2N2O5S. The molecule has 134 valence electrons. The average Bonchev–Trinajstić information content (AvgIpc) is 2.55. The third-order valence-electron chi connectivity index (χ3n) is 3.42. The van der Waals surface area contributed by atoms with E-state index in [4.69, 9.17) is 4.74 Å². The highest BCUT2D eigenvalue weighted by atomic mass is 32.2. The van der Waals surface area contributed by atoms with Crippen LogP contribution in [0.1, 0.15) is 5.56 Å². The van der Waals surface area contributed by atoms with Crippen LogP contribution in [0.25, 0.3) is 0 Å². The van der Waals surface area contributed by atoms with Gasteiger partial charge in [-0.05, 0) is 36.8 Å².